The highest BCUT2D eigenvalue weighted by atomic mass is 79.9. The minimum atomic E-state index is -0.318. The summed E-state index contributed by atoms with van der Waals surface area (Å²) in [7, 11) is 1.54. The number of thiazole rings is 1. The number of aromatic nitrogens is 1. The molecule has 2 aromatic rings. The molecule has 2 rings (SSSR count). The smallest absolute Gasteiger partial charge is 0.129 e. The van der Waals surface area contributed by atoms with Crippen LogP contribution in [0.25, 0.3) is 10.6 Å². The first-order valence-corrected chi connectivity index (χ1v) is 6.46. The van der Waals surface area contributed by atoms with Crippen molar-refractivity contribution in [1.82, 2.24) is 4.98 Å². The Hall–Kier alpha value is -0.980. The van der Waals surface area contributed by atoms with E-state index in [1.807, 2.05) is 0 Å². The van der Waals surface area contributed by atoms with Gasteiger partial charge in [0.2, 0.25) is 0 Å². The van der Waals surface area contributed by atoms with Gasteiger partial charge in [-0.1, -0.05) is 0 Å². The highest BCUT2D eigenvalue weighted by molar-refractivity contribution is 9.11. The van der Waals surface area contributed by atoms with Crippen LogP contribution in [0.5, 0.6) is 5.75 Å². The Kier molecular flexibility index (Phi) is 3.76. The van der Waals surface area contributed by atoms with Crippen LogP contribution in [-0.2, 0) is 6.54 Å². The Labute approximate surface area is 111 Å². The molecule has 0 amide bonds. The molecule has 6 heteroatoms. The first kappa shape index (κ1) is 12.5. The van der Waals surface area contributed by atoms with E-state index in [1.54, 1.807) is 13.2 Å². The molecule has 1 heterocycles. The molecule has 0 atom stereocenters. The SMILES string of the molecule is COc1ccc(F)cc1-c1nc(CN)c(Br)s1. The molecule has 0 saturated heterocycles. The molecule has 17 heavy (non-hydrogen) atoms. The molecule has 0 aliphatic rings. The van der Waals surface area contributed by atoms with Crippen molar-refractivity contribution in [2.75, 3.05) is 7.11 Å². The van der Waals surface area contributed by atoms with Gasteiger partial charge < -0.3 is 10.5 Å². The van der Waals surface area contributed by atoms with E-state index < -0.39 is 0 Å². The van der Waals surface area contributed by atoms with Gasteiger partial charge in [-0.15, -0.1) is 11.3 Å². The third-order valence-electron chi connectivity index (χ3n) is 2.23. The van der Waals surface area contributed by atoms with Crippen LogP contribution in [-0.4, -0.2) is 12.1 Å². The molecule has 0 aliphatic heterocycles. The van der Waals surface area contributed by atoms with Crippen LogP contribution in [0.3, 0.4) is 0 Å². The standard InChI is InChI=1S/C11H10BrFN2OS/c1-16-9-3-2-6(13)4-7(9)11-15-8(5-14)10(12)17-11/h2-4H,5,14H2,1H3. The second-order valence-electron chi connectivity index (χ2n) is 3.29. The van der Waals surface area contributed by atoms with Crippen molar-refractivity contribution in [1.29, 1.82) is 0 Å². The van der Waals surface area contributed by atoms with E-state index in [4.69, 9.17) is 10.5 Å². The molecule has 90 valence electrons. The van der Waals surface area contributed by atoms with Gasteiger partial charge in [-0.2, -0.15) is 0 Å². The average Bonchev–Trinajstić information content (AvgIpc) is 2.70. The van der Waals surface area contributed by atoms with Gasteiger partial charge in [0.15, 0.2) is 0 Å². The number of nitrogens with zero attached hydrogens (tertiary/aromatic N) is 1. The van der Waals surface area contributed by atoms with Crippen molar-refractivity contribution in [3.63, 3.8) is 0 Å². The molecule has 0 fully saturated rings. The van der Waals surface area contributed by atoms with Gasteiger partial charge in [-0.05, 0) is 34.1 Å². The number of hydrogen-bond acceptors (Lipinski definition) is 4. The van der Waals surface area contributed by atoms with Crippen LogP contribution in [0.4, 0.5) is 4.39 Å². The van der Waals surface area contributed by atoms with Crippen molar-refractivity contribution < 1.29 is 9.13 Å². The topological polar surface area (TPSA) is 48.1 Å². The largest absolute Gasteiger partial charge is 0.496 e. The Morgan fingerprint density at radius 2 is 2.29 bits per heavy atom. The Bertz CT molecular complexity index is 544. The zero-order valence-electron chi connectivity index (χ0n) is 9.04. The first-order valence-electron chi connectivity index (χ1n) is 4.85. The van der Waals surface area contributed by atoms with Gasteiger partial charge in [0, 0.05) is 6.54 Å². The first-order chi connectivity index (χ1) is 8.15. The number of methoxy groups -OCH3 is 1. The summed E-state index contributed by atoms with van der Waals surface area (Å²) in [6.07, 6.45) is 0. The Balaban J connectivity index is 2.54. The van der Waals surface area contributed by atoms with E-state index in [9.17, 15) is 4.39 Å². The van der Waals surface area contributed by atoms with Gasteiger partial charge >= 0.3 is 0 Å². The summed E-state index contributed by atoms with van der Waals surface area (Å²) in [6, 6.07) is 4.35. The fraction of sp³-hybridized carbons (Fsp3) is 0.182. The highest BCUT2D eigenvalue weighted by Gasteiger charge is 2.14. The lowest BCUT2D eigenvalue weighted by atomic mass is 10.2. The third-order valence-corrected chi connectivity index (χ3v) is 4.10. The quantitative estimate of drug-likeness (QED) is 0.946. The predicted octanol–water partition coefficient (Wildman–Crippen LogP) is 3.18. The summed E-state index contributed by atoms with van der Waals surface area (Å²) in [6.45, 7) is 0.342. The van der Waals surface area contributed by atoms with E-state index in [-0.39, 0.29) is 5.82 Å². The van der Waals surface area contributed by atoms with Gasteiger partial charge in [0.25, 0.3) is 0 Å². The summed E-state index contributed by atoms with van der Waals surface area (Å²) in [5.74, 6) is 0.276. The molecule has 3 nitrogen and oxygen atoms in total. The fourth-order valence-corrected chi connectivity index (χ4v) is 2.97. The van der Waals surface area contributed by atoms with Crippen LogP contribution in [0, 0.1) is 5.82 Å². The molecular weight excluding hydrogens is 307 g/mol. The lowest BCUT2D eigenvalue weighted by Gasteiger charge is -2.05. The van der Waals surface area contributed by atoms with Crippen LogP contribution in [0.2, 0.25) is 0 Å². The number of hydrogen-bond donors (Lipinski definition) is 1. The summed E-state index contributed by atoms with van der Waals surface area (Å²) in [5, 5.41) is 0.689. The fourth-order valence-electron chi connectivity index (χ4n) is 1.42. The molecule has 0 aliphatic carbocycles. The molecule has 1 aromatic heterocycles. The van der Waals surface area contributed by atoms with Crippen LogP contribution in [0.15, 0.2) is 22.0 Å². The Morgan fingerprint density at radius 1 is 1.53 bits per heavy atom. The Morgan fingerprint density at radius 3 is 2.88 bits per heavy atom. The van der Waals surface area contributed by atoms with E-state index in [2.05, 4.69) is 20.9 Å². The lowest BCUT2D eigenvalue weighted by Crippen LogP contribution is -1.97. The van der Waals surface area contributed by atoms with Gasteiger partial charge in [-0.3, -0.25) is 0 Å². The van der Waals surface area contributed by atoms with E-state index in [0.717, 1.165) is 9.48 Å². The molecule has 0 bridgehead atoms. The molecule has 1 aromatic carbocycles. The predicted molar refractivity (Wildman–Crippen MR) is 69.7 cm³/mol. The number of nitrogens with two attached hydrogens (primary N) is 1. The second kappa shape index (κ2) is 5.12. The van der Waals surface area contributed by atoms with Gasteiger partial charge in [-0.25, -0.2) is 9.37 Å². The minimum Gasteiger partial charge on any atom is -0.496 e. The summed E-state index contributed by atoms with van der Waals surface area (Å²) in [5.41, 5.74) is 6.95. The number of benzene rings is 1. The maximum Gasteiger partial charge on any atom is 0.129 e. The zero-order valence-corrected chi connectivity index (χ0v) is 11.4. The summed E-state index contributed by atoms with van der Waals surface area (Å²) >= 11 is 4.79. The third kappa shape index (κ3) is 2.48. The molecular formula is C11H10BrFN2OS. The van der Waals surface area contributed by atoms with Crippen molar-refractivity contribution in [3.05, 3.63) is 33.5 Å². The van der Waals surface area contributed by atoms with E-state index in [0.29, 0.717) is 22.9 Å². The van der Waals surface area contributed by atoms with Gasteiger partial charge in [0.05, 0.1) is 22.2 Å². The number of halogens is 2. The summed E-state index contributed by atoms with van der Waals surface area (Å²) < 4.78 is 19.3. The van der Waals surface area contributed by atoms with Crippen LogP contribution in [0.1, 0.15) is 5.69 Å². The second-order valence-corrected chi connectivity index (χ2v) is 5.61. The van der Waals surface area contributed by atoms with E-state index >= 15 is 0 Å². The molecule has 0 saturated carbocycles. The highest BCUT2D eigenvalue weighted by Crippen LogP contribution is 2.37. The molecule has 0 radical (unpaired) electrons. The minimum absolute atomic E-state index is 0.318. The number of rotatable bonds is 3. The van der Waals surface area contributed by atoms with Gasteiger partial charge in [0.1, 0.15) is 16.6 Å². The number of ether oxygens (including phenoxy) is 1. The average molecular weight is 317 g/mol. The van der Waals surface area contributed by atoms with Crippen LogP contribution >= 0.6 is 27.3 Å². The normalized spacial score (nSPS) is 10.6. The zero-order chi connectivity index (χ0) is 12.4. The van der Waals surface area contributed by atoms with Crippen molar-refractivity contribution in [2.45, 2.75) is 6.54 Å². The maximum atomic E-state index is 13.2. The molecule has 2 N–H and O–H groups in total. The molecule has 0 unspecified atom stereocenters. The maximum absolute atomic E-state index is 13.2. The van der Waals surface area contributed by atoms with Crippen molar-refractivity contribution in [3.8, 4) is 16.3 Å². The van der Waals surface area contributed by atoms with Crippen molar-refractivity contribution in [2.24, 2.45) is 5.73 Å². The lowest BCUT2D eigenvalue weighted by molar-refractivity contribution is 0.415. The van der Waals surface area contributed by atoms with E-state index in [1.165, 1.54) is 23.5 Å². The van der Waals surface area contributed by atoms with Crippen LogP contribution < -0.4 is 10.5 Å². The summed E-state index contributed by atoms with van der Waals surface area (Å²) in [4.78, 5) is 4.35. The molecule has 0 spiro atoms. The monoisotopic (exact) mass is 316 g/mol. The van der Waals surface area contributed by atoms with Crippen molar-refractivity contribution >= 4 is 27.3 Å².